The van der Waals surface area contributed by atoms with Gasteiger partial charge in [-0.15, -0.1) is 0 Å². The maximum Gasteiger partial charge on any atom is 0.140 e. The van der Waals surface area contributed by atoms with E-state index in [1.54, 1.807) is 6.07 Å². The first-order valence-electron chi connectivity index (χ1n) is 5.71. The maximum atomic E-state index is 9.87. The Morgan fingerprint density at radius 3 is 2.94 bits per heavy atom. The number of aliphatic hydroxyl groups is 1. The number of nitrogens with zero attached hydrogens (tertiary/aromatic N) is 2. The second-order valence-corrected chi connectivity index (χ2v) is 4.44. The van der Waals surface area contributed by atoms with E-state index in [1.807, 2.05) is 16.7 Å². The molecule has 1 aromatic carbocycles. The van der Waals surface area contributed by atoms with Crippen LogP contribution in [0.2, 0.25) is 5.02 Å². The number of imidazole rings is 1. The number of aromatic nitrogens is 2. The minimum absolute atomic E-state index is 0.167. The SMILES string of the molecule is CCCn1c(C(O)CN)nc2cc(Cl)ccc21. The molecule has 0 bridgehead atoms. The van der Waals surface area contributed by atoms with Crippen LogP contribution in [0.15, 0.2) is 18.2 Å². The molecule has 1 aromatic heterocycles. The normalized spacial score (nSPS) is 13.2. The number of hydrogen-bond acceptors (Lipinski definition) is 3. The van der Waals surface area contributed by atoms with Crippen LogP contribution < -0.4 is 5.73 Å². The van der Waals surface area contributed by atoms with Crippen molar-refractivity contribution in [2.45, 2.75) is 26.0 Å². The molecule has 0 aliphatic rings. The van der Waals surface area contributed by atoms with Gasteiger partial charge in [0.05, 0.1) is 11.0 Å². The van der Waals surface area contributed by atoms with E-state index >= 15 is 0 Å². The van der Waals surface area contributed by atoms with Gasteiger partial charge in [0.15, 0.2) is 0 Å². The van der Waals surface area contributed by atoms with Crippen LogP contribution in [0.5, 0.6) is 0 Å². The van der Waals surface area contributed by atoms with Crippen LogP contribution in [0.25, 0.3) is 11.0 Å². The molecule has 0 amide bonds. The first-order valence-corrected chi connectivity index (χ1v) is 6.09. The van der Waals surface area contributed by atoms with E-state index in [0.29, 0.717) is 10.8 Å². The van der Waals surface area contributed by atoms with Crippen LogP contribution in [0.3, 0.4) is 0 Å². The molecular formula is C12H16ClN3O. The topological polar surface area (TPSA) is 64.1 Å². The van der Waals surface area contributed by atoms with Gasteiger partial charge >= 0.3 is 0 Å². The Morgan fingerprint density at radius 2 is 2.29 bits per heavy atom. The number of nitrogens with two attached hydrogens (primary N) is 1. The monoisotopic (exact) mass is 253 g/mol. The Labute approximate surface area is 105 Å². The molecule has 0 saturated carbocycles. The number of aliphatic hydroxyl groups excluding tert-OH is 1. The van der Waals surface area contributed by atoms with E-state index < -0.39 is 6.10 Å². The molecule has 0 radical (unpaired) electrons. The van der Waals surface area contributed by atoms with Gasteiger partial charge in [0.25, 0.3) is 0 Å². The van der Waals surface area contributed by atoms with Gasteiger partial charge in [-0.25, -0.2) is 4.98 Å². The molecule has 0 fully saturated rings. The van der Waals surface area contributed by atoms with Crippen molar-refractivity contribution in [2.75, 3.05) is 6.54 Å². The number of rotatable bonds is 4. The van der Waals surface area contributed by atoms with Gasteiger partial charge in [-0.2, -0.15) is 0 Å². The highest BCUT2D eigenvalue weighted by Gasteiger charge is 2.16. The lowest BCUT2D eigenvalue weighted by Gasteiger charge is -2.11. The summed E-state index contributed by atoms with van der Waals surface area (Å²) >= 11 is 5.93. The van der Waals surface area contributed by atoms with E-state index in [-0.39, 0.29) is 6.54 Å². The number of fused-ring (bicyclic) bond motifs is 1. The fourth-order valence-electron chi connectivity index (χ4n) is 1.94. The van der Waals surface area contributed by atoms with Crippen molar-refractivity contribution in [3.8, 4) is 0 Å². The van der Waals surface area contributed by atoms with Gasteiger partial charge in [-0.3, -0.25) is 0 Å². The largest absolute Gasteiger partial charge is 0.384 e. The van der Waals surface area contributed by atoms with Gasteiger partial charge in [-0.1, -0.05) is 18.5 Å². The minimum Gasteiger partial charge on any atom is -0.384 e. The van der Waals surface area contributed by atoms with Gasteiger partial charge < -0.3 is 15.4 Å². The second kappa shape index (κ2) is 5.04. The van der Waals surface area contributed by atoms with Crippen LogP contribution in [0.4, 0.5) is 0 Å². The Hall–Kier alpha value is -1.10. The van der Waals surface area contributed by atoms with Crippen molar-refractivity contribution >= 4 is 22.6 Å². The van der Waals surface area contributed by atoms with E-state index in [4.69, 9.17) is 17.3 Å². The summed E-state index contributed by atoms with van der Waals surface area (Å²) in [5.41, 5.74) is 7.28. The zero-order chi connectivity index (χ0) is 12.4. The van der Waals surface area contributed by atoms with Crippen LogP contribution in [-0.2, 0) is 6.54 Å². The molecule has 1 atom stereocenters. The van der Waals surface area contributed by atoms with Crippen molar-refractivity contribution in [3.05, 3.63) is 29.0 Å². The maximum absolute atomic E-state index is 9.87. The Balaban J connectivity index is 2.61. The molecule has 1 unspecified atom stereocenters. The predicted octanol–water partition coefficient (Wildman–Crippen LogP) is 2.09. The lowest BCUT2D eigenvalue weighted by Crippen LogP contribution is -2.17. The first-order chi connectivity index (χ1) is 8.17. The molecule has 3 N–H and O–H groups in total. The lowest BCUT2D eigenvalue weighted by atomic mass is 10.3. The van der Waals surface area contributed by atoms with Crippen molar-refractivity contribution < 1.29 is 5.11 Å². The fourth-order valence-corrected chi connectivity index (χ4v) is 2.11. The van der Waals surface area contributed by atoms with Gasteiger partial charge in [-0.05, 0) is 24.6 Å². The summed E-state index contributed by atoms with van der Waals surface area (Å²) in [6.07, 6.45) is 0.242. The number of hydrogen-bond donors (Lipinski definition) is 2. The van der Waals surface area contributed by atoms with Gasteiger partial charge in [0.1, 0.15) is 11.9 Å². The van der Waals surface area contributed by atoms with E-state index in [1.165, 1.54) is 0 Å². The highest BCUT2D eigenvalue weighted by molar-refractivity contribution is 6.31. The molecule has 5 heteroatoms. The molecule has 2 rings (SSSR count). The summed E-state index contributed by atoms with van der Waals surface area (Å²) in [7, 11) is 0. The van der Waals surface area contributed by atoms with Gasteiger partial charge in [0, 0.05) is 18.1 Å². The van der Waals surface area contributed by atoms with Crippen molar-refractivity contribution in [1.82, 2.24) is 9.55 Å². The summed E-state index contributed by atoms with van der Waals surface area (Å²) in [5.74, 6) is 0.617. The van der Waals surface area contributed by atoms with Crippen LogP contribution in [0.1, 0.15) is 25.3 Å². The van der Waals surface area contributed by atoms with Crippen molar-refractivity contribution in [3.63, 3.8) is 0 Å². The third-order valence-corrected chi connectivity index (χ3v) is 2.94. The average molecular weight is 254 g/mol. The molecule has 92 valence electrons. The molecule has 17 heavy (non-hydrogen) atoms. The van der Waals surface area contributed by atoms with Crippen LogP contribution >= 0.6 is 11.6 Å². The molecule has 0 saturated heterocycles. The molecule has 4 nitrogen and oxygen atoms in total. The summed E-state index contributed by atoms with van der Waals surface area (Å²) in [6.45, 7) is 3.06. The predicted molar refractivity (Wildman–Crippen MR) is 69.0 cm³/mol. The molecule has 0 spiro atoms. The molecule has 0 aliphatic carbocycles. The number of benzene rings is 1. The zero-order valence-corrected chi connectivity index (χ0v) is 10.5. The number of aryl methyl sites for hydroxylation is 1. The summed E-state index contributed by atoms with van der Waals surface area (Å²) in [5, 5.41) is 10.5. The van der Waals surface area contributed by atoms with E-state index in [2.05, 4.69) is 11.9 Å². The van der Waals surface area contributed by atoms with Crippen molar-refractivity contribution in [1.29, 1.82) is 0 Å². The van der Waals surface area contributed by atoms with Crippen molar-refractivity contribution in [2.24, 2.45) is 5.73 Å². The average Bonchev–Trinajstić information content (AvgIpc) is 2.67. The quantitative estimate of drug-likeness (QED) is 0.877. The Kier molecular flexibility index (Phi) is 3.66. The minimum atomic E-state index is -0.729. The summed E-state index contributed by atoms with van der Waals surface area (Å²) < 4.78 is 2.00. The molecule has 1 heterocycles. The second-order valence-electron chi connectivity index (χ2n) is 4.01. The standard InChI is InChI=1S/C12H16ClN3O/c1-2-5-16-10-4-3-8(13)6-9(10)15-12(16)11(17)7-14/h3-4,6,11,17H,2,5,7,14H2,1H3. The summed E-state index contributed by atoms with van der Waals surface area (Å²) in [4.78, 5) is 4.41. The smallest absolute Gasteiger partial charge is 0.140 e. The van der Waals surface area contributed by atoms with Crippen LogP contribution in [0, 0.1) is 0 Å². The highest BCUT2D eigenvalue weighted by Crippen LogP contribution is 2.23. The molecule has 0 aliphatic heterocycles. The third kappa shape index (κ3) is 2.29. The summed E-state index contributed by atoms with van der Waals surface area (Å²) in [6, 6.07) is 5.55. The highest BCUT2D eigenvalue weighted by atomic mass is 35.5. The molecular weight excluding hydrogens is 238 g/mol. The fraction of sp³-hybridized carbons (Fsp3) is 0.417. The first kappa shape index (κ1) is 12.4. The van der Waals surface area contributed by atoms with Gasteiger partial charge in [0.2, 0.25) is 0 Å². The third-order valence-electron chi connectivity index (χ3n) is 2.71. The van der Waals surface area contributed by atoms with E-state index in [9.17, 15) is 5.11 Å². The van der Waals surface area contributed by atoms with Crippen LogP contribution in [-0.4, -0.2) is 21.2 Å². The zero-order valence-electron chi connectivity index (χ0n) is 9.73. The number of halogens is 1. The Morgan fingerprint density at radius 1 is 1.53 bits per heavy atom. The Bertz CT molecular complexity index is 524. The molecule has 2 aromatic rings. The lowest BCUT2D eigenvalue weighted by molar-refractivity contribution is 0.172. The van der Waals surface area contributed by atoms with E-state index in [0.717, 1.165) is 24.0 Å².